The highest BCUT2D eigenvalue weighted by Gasteiger charge is 2.18. The van der Waals surface area contributed by atoms with Crippen LogP contribution in [0.1, 0.15) is 361 Å². The van der Waals surface area contributed by atoms with E-state index in [1.54, 1.807) is 6.08 Å². The summed E-state index contributed by atoms with van der Waals surface area (Å²) in [7, 11) is 0. The lowest BCUT2D eigenvalue weighted by atomic mass is 10.0. The van der Waals surface area contributed by atoms with Crippen molar-refractivity contribution in [2.24, 2.45) is 0 Å². The molecule has 0 saturated heterocycles. The van der Waals surface area contributed by atoms with Crippen molar-refractivity contribution in [1.82, 2.24) is 5.32 Å². The Morgan fingerprint density at radius 3 is 1.00 bits per heavy atom. The van der Waals surface area contributed by atoms with Gasteiger partial charge in [0, 0.05) is 12.8 Å². The average molecular weight is 1040 g/mol. The summed E-state index contributed by atoms with van der Waals surface area (Å²) >= 11 is 0. The van der Waals surface area contributed by atoms with Crippen LogP contribution in [-0.2, 0) is 14.3 Å². The first-order chi connectivity index (χ1) is 36.5. The van der Waals surface area contributed by atoms with Crippen molar-refractivity contribution >= 4 is 11.9 Å². The molecule has 0 bridgehead atoms. The number of aliphatic hydroxyl groups is 2. The van der Waals surface area contributed by atoms with Gasteiger partial charge in [-0.15, -0.1) is 0 Å². The van der Waals surface area contributed by atoms with E-state index in [0.29, 0.717) is 19.4 Å². The molecule has 0 spiro atoms. The Labute approximate surface area is 462 Å². The minimum Gasteiger partial charge on any atom is -0.466 e. The molecule has 6 nitrogen and oxygen atoms in total. The molecule has 0 aliphatic rings. The monoisotopic (exact) mass is 1040 g/mol. The zero-order chi connectivity index (χ0) is 53.6. The number of nitrogens with one attached hydrogen (secondary N) is 1. The molecule has 0 aliphatic heterocycles. The van der Waals surface area contributed by atoms with Crippen LogP contribution in [0.2, 0.25) is 0 Å². The van der Waals surface area contributed by atoms with Crippen LogP contribution in [0.25, 0.3) is 0 Å². The number of ether oxygens (including phenoxy) is 1. The Balaban J connectivity index is 3.37. The third kappa shape index (κ3) is 59.3. The van der Waals surface area contributed by atoms with Gasteiger partial charge in [-0.3, -0.25) is 9.59 Å². The van der Waals surface area contributed by atoms with E-state index >= 15 is 0 Å². The van der Waals surface area contributed by atoms with Gasteiger partial charge >= 0.3 is 5.97 Å². The molecular weight excluding hydrogens is 911 g/mol. The molecule has 0 rings (SSSR count). The van der Waals surface area contributed by atoms with Gasteiger partial charge in [-0.25, -0.2) is 0 Å². The van der Waals surface area contributed by atoms with Crippen LogP contribution < -0.4 is 5.32 Å². The SMILES string of the molecule is CCCC/C=C\CCCCCCCC(=O)OCCCCCCCCCCCCCC/C=C\CCCCCCCCCCCCCCCCCCC(=O)NC(CO)C(O)/C=C/CCCCCCCCCCCCCC. The Morgan fingerprint density at radius 2 is 0.649 bits per heavy atom. The van der Waals surface area contributed by atoms with Gasteiger partial charge in [-0.05, 0) is 77.0 Å². The molecule has 0 aromatic rings. The fourth-order valence-electron chi connectivity index (χ4n) is 10.3. The maximum absolute atomic E-state index is 12.5. The van der Waals surface area contributed by atoms with Gasteiger partial charge in [0.2, 0.25) is 5.91 Å². The maximum Gasteiger partial charge on any atom is 0.305 e. The topological polar surface area (TPSA) is 95.9 Å². The fourth-order valence-corrected chi connectivity index (χ4v) is 10.3. The van der Waals surface area contributed by atoms with E-state index in [0.717, 1.165) is 44.9 Å². The van der Waals surface area contributed by atoms with Gasteiger partial charge < -0.3 is 20.3 Å². The molecule has 0 aromatic carbocycles. The predicted molar refractivity (Wildman–Crippen MR) is 324 cm³/mol. The minimum atomic E-state index is -0.842. The summed E-state index contributed by atoms with van der Waals surface area (Å²) in [5.41, 5.74) is 0. The van der Waals surface area contributed by atoms with Gasteiger partial charge in [0.25, 0.3) is 0 Å². The standard InChI is InChI=1S/C68H129NO5/c1-3-5-7-9-11-13-15-16-37-41-44-48-52-56-60-66(71)65(64-70)69-67(72)61-57-53-49-45-42-38-35-33-31-29-27-25-23-21-19-17-18-20-22-24-26-28-30-32-34-36-39-43-47-51-55-59-63-74-68(73)62-58-54-50-46-40-14-12-10-8-6-4-2/h10,12,20,22,56,60,65-66,70-71H,3-9,11,13-19,21,23-55,57-59,61-64H2,1-2H3,(H,69,72)/b12-10-,22-20-,60-56+. The Kier molecular flexibility index (Phi) is 62.0. The van der Waals surface area contributed by atoms with E-state index < -0.39 is 12.1 Å². The second kappa shape index (κ2) is 63.6. The number of unbranched alkanes of at least 4 members (excludes halogenated alkanes) is 47. The van der Waals surface area contributed by atoms with Crippen molar-refractivity contribution in [2.75, 3.05) is 13.2 Å². The highest BCUT2D eigenvalue weighted by molar-refractivity contribution is 5.76. The number of hydrogen-bond acceptors (Lipinski definition) is 5. The van der Waals surface area contributed by atoms with Crippen molar-refractivity contribution in [1.29, 1.82) is 0 Å². The van der Waals surface area contributed by atoms with Gasteiger partial charge in [0.05, 0.1) is 25.4 Å². The maximum atomic E-state index is 12.5. The molecule has 0 radical (unpaired) electrons. The van der Waals surface area contributed by atoms with Gasteiger partial charge in [0.1, 0.15) is 0 Å². The van der Waals surface area contributed by atoms with E-state index in [2.05, 4.69) is 43.5 Å². The molecule has 74 heavy (non-hydrogen) atoms. The second-order valence-corrected chi connectivity index (χ2v) is 22.8. The van der Waals surface area contributed by atoms with Crippen molar-refractivity contribution in [2.45, 2.75) is 373 Å². The second-order valence-electron chi connectivity index (χ2n) is 22.8. The molecule has 436 valence electrons. The Morgan fingerprint density at radius 1 is 0.365 bits per heavy atom. The highest BCUT2D eigenvalue weighted by atomic mass is 16.5. The van der Waals surface area contributed by atoms with Crippen LogP contribution in [0.4, 0.5) is 0 Å². The summed E-state index contributed by atoms with van der Waals surface area (Å²) in [5.74, 6) is -0.0572. The number of aliphatic hydroxyl groups excluding tert-OH is 2. The zero-order valence-electron chi connectivity index (χ0n) is 49.8. The predicted octanol–water partition coefficient (Wildman–Crippen LogP) is 21.1. The van der Waals surface area contributed by atoms with Crippen molar-refractivity contribution in [3.05, 3.63) is 36.5 Å². The Bertz CT molecular complexity index is 1200. The normalized spacial score (nSPS) is 12.8. The number of amides is 1. The van der Waals surface area contributed by atoms with Crippen molar-refractivity contribution in [3.8, 4) is 0 Å². The number of carbonyl (C=O) groups is 2. The molecule has 0 aromatic heterocycles. The van der Waals surface area contributed by atoms with E-state index in [4.69, 9.17) is 4.74 Å². The van der Waals surface area contributed by atoms with Crippen LogP contribution in [0, 0.1) is 0 Å². The van der Waals surface area contributed by atoms with E-state index in [1.807, 2.05) is 6.08 Å². The first-order valence-corrected chi connectivity index (χ1v) is 33.3. The van der Waals surface area contributed by atoms with Crippen LogP contribution in [-0.4, -0.2) is 47.4 Å². The smallest absolute Gasteiger partial charge is 0.305 e. The number of allylic oxidation sites excluding steroid dienone is 5. The summed E-state index contributed by atoms with van der Waals surface area (Å²) in [5, 5.41) is 23.1. The van der Waals surface area contributed by atoms with Gasteiger partial charge in [-0.1, -0.05) is 307 Å². The minimum absolute atomic E-state index is 0.00679. The largest absolute Gasteiger partial charge is 0.466 e. The number of rotatable bonds is 62. The van der Waals surface area contributed by atoms with E-state index in [-0.39, 0.29) is 18.5 Å². The van der Waals surface area contributed by atoms with E-state index in [9.17, 15) is 19.8 Å². The molecule has 2 unspecified atom stereocenters. The third-order valence-corrected chi connectivity index (χ3v) is 15.4. The van der Waals surface area contributed by atoms with Crippen LogP contribution in [0.3, 0.4) is 0 Å². The van der Waals surface area contributed by atoms with Crippen LogP contribution >= 0.6 is 0 Å². The summed E-state index contributed by atoms with van der Waals surface area (Å²) in [6.45, 7) is 4.88. The summed E-state index contributed by atoms with van der Waals surface area (Å²) in [6, 6.07) is -0.625. The average Bonchev–Trinajstić information content (AvgIpc) is 3.40. The molecule has 1 amide bonds. The quantitative estimate of drug-likeness (QED) is 0.0320. The number of carbonyl (C=O) groups excluding carboxylic acids is 2. The molecule has 0 fully saturated rings. The molecule has 3 N–H and O–H groups in total. The molecule has 2 atom stereocenters. The van der Waals surface area contributed by atoms with Crippen molar-refractivity contribution < 1.29 is 24.5 Å². The molecule has 0 aliphatic carbocycles. The van der Waals surface area contributed by atoms with Crippen LogP contribution in [0.5, 0.6) is 0 Å². The lowest BCUT2D eigenvalue weighted by molar-refractivity contribution is -0.143. The highest BCUT2D eigenvalue weighted by Crippen LogP contribution is 2.18. The third-order valence-electron chi connectivity index (χ3n) is 15.4. The molecule has 0 saturated carbocycles. The zero-order valence-corrected chi connectivity index (χ0v) is 49.8. The first kappa shape index (κ1) is 72.1. The lowest BCUT2D eigenvalue weighted by Gasteiger charge is -2.20. The van der Waals surface area contributed by atoms with Crippen LogP contribution in [0.15, 0.2) is 36.5 Å². The fraction of sp³-hybridized carbons (Fsp3) is 0.882. The van der Waals surface area contributed by atoms with Gasteiger partial charge in [-0.2, -0.15) is 0 Å². The Hall–Kier alpha value is -1.92. The summed E-state index contributed by atoms with van der Waals surface area (Å²) in [6.07, 6.45) is 80.7. The lowest BCUT2D eigenvalue weighted by Crippen LogP contribution is -2.45. The van der Waals surface area contributed by atoms with Gasteiger partial charge in [0.15, 0.2) is 0 Å². The summed E-state index contributed by atoms with van der Waals surface area (Å²) < 4.78 is 5.46. The van der Waals surface area contributed by atoms with Crippen molar-refractivity contribution in [3.63, 3.8) is 0 Å². The summed E-state index contributed by atoms with van der Waals surface area (Å²) in [4.78, 5) is 24.5. The molecule has 0 heterocycles. The first-order valence-electron chi connectivity index (χ1n) is 33.3. The molecular formula is C68H129NO5. The molecule has 6 heteroatoms. The number of hydrogen-bond donors (Lipinski definition) is 3. The number of esters is 1. The van der Waals surface area contributed by atoms with E-state index in [1.165, 1.54) is 289 Å².